The number of anilines is 1. The Morgan fingerprint density at radius 3 is 2.84 bits per heavy atom. The molecule has 1 aromatic carbocycles. The molecule has 96 valence electrons. The zero-order valence-electron chi connectivity index (χ0n) is 10.5. The van der Waals surface area contributed by atoms with E-state index >= 15 is 0 Å². The van der Waals surface area contributed by atoms with Gasteiger partial charge in [0.1, 0.15) is 5.82 Å². The highest BCUT2D eigenvalue weighted by molar-refractivity contribution is 9.11. The molecule has 0 aliphatic heterocycles. The van der Waals surface area contributed by atoms with Gasteiger partial charge in [0, 0.05) is 10.3 Å². The summed E-state index contributed by atoms with van der Waals surface area (Å²) in [5.74, 6) is 0.961. The van der Waals surface area contributed by atoms with Crippen LogP contribution in [0.1, 0.15) is 10.4 Å². The summed E-state index contributed by atoms with van der Waals surface area (Å²) in [6.07, 6.45) is 0. The van der Waals surface area contributed by atoms with Gasteiger partial charge < -0.3 is 5.32 Å². The van der Waals surface area contributed by atoms with E-state index in [2.05, 4.69) is 57.4 Å². The van der Waals surface area contributed by atoms with Crippen molar-refractivity contribution in [3.8, 4) is 0 Å². The second-order valence-electron chi connectivity index (χ2n) is 4.41. The molecule has 0 spiro atoms. The summed E-state index contributed by atoms with van der Waals surface area (Å²) in [5.41, 5.74) is 2.21. The lowest BCUT2D eigenvalue weighted by atomic mass is 10.1. The van der Waals surface area contributed by atoms with E-state index in [4.69, 9.17) is 0 Å². The van der Waals surface area contributed by atoms with Crippen LogP contribution in [-0.2, 0) is 6.54 Å². The molecule has 2 heterocycles. The predicted molar refractivity (Wildman–Crippen MR) is 85.8 cm³/mol. The van der Waals surface area contributed by atoms with Gasteiger partial charge in [0.25, 0.3) is 0 Å². The van der Waals surface area contributed by atoms with Crippen molar-refractivity contribution in [3.63, 3.8) is 0 Å². The van der Waals surface area contributed by atoms with Crippen LogP contribution in [0.2, 0.25) is 0 Å². The first-order valence-corrected chi connectivity index (χ1v) is 7.68. The highest BCUT2D eigenvalue weighted by Gasteiger charge is 2.04. The quantitative estimate of drug-likeness (QED) is 0.731. The average molecular weight is 333 g/mol. The molecule has 2 nitrogen and oxygen atoms in total. The van der Waals surface area contributed by atoms with E-state index in [1.165, 1.54) is 15.8 Å². The molecule has 2 aromatic heterocycles. The minimum atomic E-state index is 0.808. The summed E-state index contributed by atoms with van der Waals surface area (Å²) in [6.45, 7) is 2.90. The number of hydrogen-bond donors (Lipinski definition) is 1. The Morgan fingerprint density at radius 1 is 1.21 bits per heavy atom. The maximum atomic E-state index is 4.68. The molecule has 0 unspecified atom stereocenters. The molecule has 0 fully saturated rings. The summed E-state index contributed by atoms with van der Waals surface area (Å²) in [7, 11) is 0. The first-order valence-electron chi connectivity index (χ1n) is 6.07. The number of nitrogens with one attached hydrogen (secondary N) is 1. The van der Waals surface area contributed by atoms with Crippen molar-refractivity contribution in [2.45, 2.75) is 13.5 Å². The molecule has 0 amide bonds. The Morgan fingerprint density at radius 2 is 2.05 bits per heavy atom. The van der Waals surface area contributed by atoms with Crippen LogP contribution >= 0.6 is 27.3 Å². The average Bonchev–Trinajstić information content (AvgIpc) is 2.82. The van der Waals surface area contributed by atoms with Gasteiger partial charge in [0.05, 0.1) is 15.8 Å². The van der Waals surface area contributed by atoms with Gasteiger partial charge >= 0.3 is 0 Å². The minimum absolute atomic E-state index is 0.808. The summed E-state index contributed by atoms with van der Waals surface area (Å²) in [5, 5.41) is 4.60. The normalized spacial score (nSPS) is 10.8. The van der Waals surface area contributed by atoms with Gasteiger partial charge in [-0.05, 0) is 52.7 Å². The van der Waals surface area contributed by atoms with E-state index < -0.39 is 0 Å². The highest BCUT2D eigenvalue weighted by atomic mass is 79.9. The number of aromatic nitrogens is 1. The van der Waals surface area contributed by atoms with E-state index in [1.807, 2.05) is 18.2 Å². The molecule has 1 N–H and O–H groups in total. The number of fused-ring (bicyclic) bond motifs is 1. The van der Waals surface area contributed by atoms with Crippen LogP contribution in [0.25, 0.3) is 10.9 Å². The third-order valence-corrected chi connectivity index (χ3v) is 4.60. The first kappa shape index (κ1) is 12.6. The fraction of sp³-hybridized carbons (Fsp3) is 0.133. The third-order valence-electron chi connectivity index (χ3n) is 2.97. The van der Waals surface area contributed by atoms with Gasteiger partial charge in [0.15, 0.2) is 0 Å². The third kappa shape index (κ3) is 2.80. The molecule has 3 aromatic rings. The summed E-state index contributed by atoms with van der Waals surface area (Å²) >= 11 is 5.22. The Kier molecular flexibility index (Phi) is 3.53. The second kappa shape index (κ2) is 5.31. The van der Waals surface area contributed by atoms with E-state index in [0.717, 1.165) is 21.7 Å². The summed E-state index contributed by atoms with van der Waals surface area (Å²) in [4.78, 5) is 5.97. The smallest absolute Gasteiger partial charge is 0.129 e. The topological polar surface area (TPSA) is 24.9 Å². The van der Waals surface area contributed by atoms with Gasteiger partial charge in [0.2, 0.25) is 0 Å². The molecule has 0 radical (unpaired) electrons. The Labute approximate surface area is 124 Å². The van der Waals surface area contributed by atoms with Crippen LogP contribution in [0.15, 0.2) is 46.3 Å². The van der Waals surface area contributed by atoms with Gasteiger partial charge in [-0.2, -0.15) is 0 Å². The van der Waals surface area contributed by atoms with Crippen LogP contribution in [0.3, 0.4) is 0 Å². The Hall–Kier alpha value is -1.39. The van der Waals surface area contributed by atoms with Crippen molar-refractivity contribution in [2.75, 3.05) is 5.32 Å². The van der Waals surface area contributed by atoms with Crippen molar-refractivity contribution >= 4 is 44.0 Å². The van der Waals surface area contributed by atoms with Gasteiger partial charge in [-0.15, -0.1) is 11.3 Å². The number of thiophene rings is 1. The van der Waals surface area contributed by atoms with Crippen LogP contribution in [0.5, 0.6) is 0 Å². The molecule has 0 atom stereocenters. The maximum Gasteiger partial charge on any atom is 0.129 e. The van der Waals surface area contributed by atoms with Crippen molar-refractivity contribution in [1.29, 1.82) is 0 Å². The fourth-order valence-electron chi connectivity index (χ4n) is 2.02. The SMILES string of the molecule is Cc1cc2ccccc2nc1NCc1ccc(Br)s1. The second-order valence-corrected chi connectivity index (χ2v) is 6.95. The van der Waals surface area contributed by atoms with Crippen molar-refractivity contribution in [2.24, 2.45) is 0 Å². The monoisotopic (exact) mass is 332 g/mol. The van der Waals surface area contributed by atoms with Crippen LogP contribution in [-0.4, -0.2) is 4.98 Å². The van der Waals surface area contributed by atoms with E-state index in [-0.39, 0.29) is 0 Å². The number of aryl methyl sites for hydroxylation is 1. The van der Waals surface area contributed by atoms with Crippen LogP contribution in [0.4, 0.5) is 5.82 Å². The molecule has 3 rings (SSSR count). The van der Waals surface area contributed by atoms with E-state index in [1.54, 1.807) is 11.3 Å². The molecule has 0 saturated heterocycles. The maximum absolute atomic E-state index is 4.68. The standard InChI is InChI=1S/C15H13BrN2S/c1-10-8-11-4-2-3-5-13(11)18-15(10)17-9-12-6-7-14(16)19-12/h2-8H,9H2,1H3,(H,17,18). The van der Waals surface area contributed by atoms with Gasteiger partial charge in [-0.1, -0.05) is 18.2 Å². The zero-order chi connectivity index (χ0) is 13.2. The van der Waals surface area contributed by atoms with Crippen LogP contribution in [0, 0.1) is 6.92 Å². The molecule has 0 saturated carbocycles. The largest absolute Gasteiger partial charge is 0.365 e. The lowest BCUT2D eigenvalue weighted by Crippen LogP contribution is -2.02. The van der Waals surface area contributed by atoms with E-state index in [9.17, 15) is 0 Å². The first-order chi connectivity index (χ1) is 9.22. The van der Waals surface area contributed by atoms with E-state index in [0.29, 0.717) is 0 Å². The molecule has 0 aliphatic carbocycles. The molecule has 4 heteroatoms. The Bertz CT molecular complexity index is 721. The van der Waals surface area contributed by atoms with Gasteiger partial charge in [-0.25, -0.2) is 4.98 Å². The summed E-state index contributed by atoms with van der Waals surface area (Å²) in [6, 6.07) is 14.6. The van der Waals surface area contributed by atoms with Crippen LogP contribution < -0.4 is 5.32 Å². The molecular formula is C15H13BrN2S. The zero-order valence-corrected chi connectivity index (χ0v) is 12.9. The number of para-hydroxylation sites is 1. The van der Waals surface area contributed by atoms with Crippen molar-refractivity contribution in [3.05, 3.63) is 56.7 Å². The number of nitrogens with zero attached hydrogens (tertiary/aromatic N) is 1. The minimum Gasteiger partial charge on any atom is -0.365 e. The summed E-state index contributed by atoms with van der Waals surface area (Å²) < 4.78 is 1.16. The molecule has 19 heavy (non-hydrogen) atoms. The Balaban J connectivity index is 1.86. The fourth-order valence-corrected chi connectivity index (χ4v) is 3.44. The van der Waals surface area contributed by atoms with Crippen molar-refractivity contribution in [1.82, 2.24) is 4.98 Å². The molecule has 0 bridgehead atoms. The number of halogens is 1. The number of benzene rings is 1. The number of hydrogen-bond acceptors (Lipinski definition) is 3. The molecular weight excluding hydrogens is 320 g/mol. The predicted octanol–water partition coefficient (Wildman–Crippen LogP) is 4.98. The van der Waals surface area contributed by atoms with Crippen molar-refractivity contribution < 1.29 is 0 Å². The highest BCUT2D eigenvalue weighted by Crippen LogP contribution is 2.24. The lowest BCUT2D eigenvalue weighted by Gasteiger charge is -2.09. The lowest BCUT2D eigenvalue weighted by molar-refractivity contribution is 1.14. The number of rotatable bonds is 3. The number of pyridine rings is 1. The van der Waals surface area contributed by atoms with Gasteiger partial charge in [-0.3, -0.25) is 0 Å². The molecule has 0 aliphatic rings.